The molecular formula is C18H16N2O4S. The highest BCUT2D eigenvalue weighted by Crippen LogP contribution is 2.34. The molecule has 7 heteroatoms. The number of benzene rings is 1. The Morgan fingerprint density at radius 2 is 2.12 bits per heavy atom. The average Bonchev–Trinajstić information content (AvgIpc) is 3.25. The third-order valence-corrected chi connectivity index (χ3v) is 4.24. The van der Waals surface area contributed by atoms with Crippen LogP contribution in [0.1, 0.15) is 5.76 Å². The minimum Gasteiger partial charge on any atom is -0.497 e. The zero-order chi connectivity index (χ0) is 17.6. The van der Waals surface area contributed by atoms with Gasteiger partial charge in [0, 0.05) is 6.07 Å². The van der Waals surface area contributed by atoms with Crippen molar-refractivity contribution in [3.63, 3.8) is 0 Å². The summed E-state index contributed by atoms with van der Waals surface area (Å²) in [5, 5.41) is 3.23. The summed E-state index contributed by atoms with van der Waals surface area (Å²) < 4.78 is 15.7. The molecule has 1 aliphatic rings. The van der Waals surface area contributed by atoms with Crippen LogP contribution in [0.2, 0.25) is 0 Å². The number of hydrogen-bond acceptors (Lipinski definition) is 6. The van der Waals surface area contributed by atoms with E-state index in [1.54, 1.807) is 63.0 Å². The van der Waals surface area contributed by atoms with E-state index >= 15 is 0 Å². The fraction of sp³-hybridized carbons (Fsp3) is 0.111. The highest BCUT2D eigenvalue weighted by Gasteiger charge is 2.23. The predicted molar refractivity (Wildman–Crippen MR) is 98.2 cm³/mol. The van der Waals surface area contributed by atoms with Gasteiger partial charge in [-0.2, -0.15) is 0 Å². The Morgan fingerprint density at radius 3 is 2.84 bits per heavy atom. The maximum Gasteiger partial charge on any atom is 0.264 e. The number of methoxy groups -OCH3 is 2. The van der Waals surface area contributed by atoms with Crippen LogP contribution < -0.4 is 14.8 Å². The van der Waals surface area contributed by atoms with Gasteiger partial charge in [0.1, 0.15) is 22.9 Å². The lowest BCUT2D eigenvalue weighted by molar-refractivity contribution is -0.115. The summed E-state index contributed by atoms with van der Waals surface area (Å²) in [5.41, 5.74) is 0.610. The van der Waals surface area contributed by atoms with Gasteiger partial charge in [-0.1, -0.05) is 6.08 Å². The monoisotopic (exact) mass is 356 g/mol. The molecule has 1 fully saturated rings. The molecule has 3 rings (SSSR count). The van der Waals surface area contributed by atoms with Gasteiger partial charge in [0.05, 0.1) is 25.4 Å². The van der Waals surface area contributed by atoms with Crippen molar-refractivity contribution >= 4 is 34.6 Å². The second-order valence-corrected chi connectivity index (χ2v) is 5.95. The van der Waals surface area contributed by atoms with Crippen molar-refractivity contribution in [2.24, 2.45) is 4.99 Å². The molecule has 1 aromatic carbocycles. The van der Waals surface area contributed by atoms with Gasteiger partial charge in [-0.25, -0.2) is 4.99 Å². The van der Waals surface area contributed by atoms with Gasteiger partial charge in [0.15, 0.2) is 5.17 Å². The van der Waals surface area contributed by atoms with Gasteiger partial charge in [0.2, 0.25) is 0 Å². The SMILES string of the molecule is COc1ccc(N=C2NC(=O)C(=CC=Cc3ccco3)S2)c(OC)c1. The van der Waals surface area contributed by atoms with Gasteiger partial charge in [0.25, 0.3) is 5.91 Å². The minimum atomic E-state index is -0.194. The van der Waals surface area contributed by atoms with Crippen LogP contribution in [0.5, 0.6) is 11.5 Å². The Kier molecular flexibility index (Phi) is 5.25. The summed E-state index contributed by atoms with van der Waals surface area (Å²) in [6.07, 6.45) is 6.85. The van der Waals surface area contributed by atoms with Crippen LogP contribution in [-0.2, 0) is 4.79 Å². The number of aliphatic imine (C=N–C) groups is 1. The predicted octanol–water partition coefficient (Wildman–Crippen LogP) is 3.74. The van der Waals surface area contributed by atoms with E-state index in [2.05, 4.69) is 10.3 Å². The first-order valence-corrected chi connectivity index (χ1v) is 8.23. The number of nitrogens with one attached hydrogen (secondary N) is 1. The Bertz CT molecular complexity index is 854. The van der Waals surface area contributed by atoms with E-state index in [4.69, 9.17) is 13.9 Å². The molecule has 0 spiro atoms. The third-order valence-electron chi connectivity index (χ3n) is 3.31. The van der Waals surface area contributed by atoms with Crippen LogP contribution in [0.4, 0.5) is 5.69 Å². The number of amides is 1. The fourth-order valence-electron chi connectivity index (χ4n) is 2.10. The van der Waals surface area contributed by atoms with Crippen LogP contribution in [0.3, 0.4) is 0 Å². The molecule has 0 unspecified atom stereocenters. The summed E-state index contributed by atoms with van der Waals surface area (Å²) >= 11 is 1.26. The smallest absolute Gasteiger partial charge is 0.264 e. The summed E-state index contributed by atoms with van der Waals surface area (Å²) in [5.74, 6) is 1.77. The summed E-state index contributed by atoms with van der Waals surface area (Å²) in [6.45, 7) is 0. The van der Waals surface area contributed by atoms with Crippen molar-refractivity contribution in [3.8, 4) is 11.5 Å². The number of carbonyl (C=O) groups excluding carboxylic acids is 1. The van der Waals surface area contributed by atoms with E-state index < -0.39 is 0 Å². The van der Waals surface area contributed by atoms with Crippen molar-refractivity contribution in [1.82, 2.24) is 5.32 Å². The largest absolute Gasteiger partial charge is 0.497 e. The molecule has 1 aromatic heterocycles. The van der Waals surface area contributed by atoms with E-state index in [9.17, 15) is 4.79 Å². The van der Waals surface area contributed by atoms with Gasteiger partial charge in [-0.05, 0) is 48.2 Å². The third kappa shape index (κ3) is 4.13. The molecule has 1 aliphatic heterocycles. The maximum atomic E-state index is 12.0. The lowest BCUT2D eigenvalue weighted by Gasteiger charge is -2.07. The van der Waals surface area contributed by atoms with E-state index in [-0.39, 0.29) is 5.91 Å². The number of furan rings is 1. The van der Waals surface area contributed by atoms with Gasteiger partial charge < -0.3 is 19.2 Å². The maximum absolute atomic E-state index is 12.0. The van der Waals surface area contributed by atoms with Crippen molar-refractivity contribution in [2.75, 3.05) is 14.2 Å². The summed E-state index contributed by atoms with van der Waals surface area (Å²) in [6, 6.07) is 8.93. The lowest BCUT2D eigenvalue weighted by atomic mass is 10.3. The normalized spacial score (nSPS) is 17.4. The van der Waals surface area contributed by atoms with Crippen LogP contribution in [-0.4, -0.2) is 25.3 Å². The molecule has 1 saturated heterocycles. The van der Waals surface area contributed by atoms with E-state index in [0.717, 1.165) is 5.76 Å². The number of hydrogen-bond donors (Lipinski definition) is 1. The number of ether oxygens (including phenoxy) is 2. The highest BCUT2D eigenvalue weighted by atomic mass is 32.2. The molecule has 0 radical (unpaired) electrons. The zero-order valence-electron chi connectivity index (χ0n) is 13.7. The van der Waals surface area contributed by atoms with Crippen LogP contribution in [0, 0.1) is 0 Å². The summed E-state index contributed by atoms with van der Waals surface area (Å²) in [4.78, 5) is 17.0. The number of nitrogens with zero attached hydrogens (tertiary/aromatic N) is 1. The number of rotatable bonds is 5. The van der Waals surface area contributed by atoms with Crippen molar-refractivity contribution in [1.29, 1.82) is 0 Å². The van der Waals surface area contributed by atoms with Gasteiger partial charge in [-0.3, -0.25) is 4.79 Å². The molecule has 6 nitrogen and oxygen atoms in total. The first kappa shape index (κ1) is 16.9. The van der Waals surface area contributed by atoms with Gasteiger partial charge >= 0.3 is 0 Å². The Balaban J connectivity index is 1.77. The molecule has 128 valence electrons. The van der Waals surface area contributed by atoms with Gasteiger partial charge in [-0.15, -0.1) is 0 Å². The molecular weight excluding hydrogens is 340 g/mol. The van der Waals surface area contributed by atoms with Crippen molar-refractivity contribution in [2.45, 2.75) is 0 Å². The Hall–Kier alpha value is -2.93. The number of carbonyl (C=O) groups is 1. The van der Waals surface area contributed by atoms with E-state index in [1.165, 1.54) is 11.8 Å². The standard InChI is InChI=1S/C18H16N2O4S/c1-22-13-8-9-14(15(11-13)23-2)19-18-20-17(21)16(25-18)7-3-5-12-6-4-10-24-12/h3-11H,1-2H3,(H,19,20,21). The second kappa shape index (κ2) is 7.76. The molecule has 0 saturated carbocycles. The van der Waals surface area contributed by atoms with E-state index in [1.807, 2.05) is 6.07 Å². The highest BCUT2D eigenvalue weighted by molar-refractivity contribution is 8.18. The zero-order valence-corrected chi connectivity index (χ0v) is 14.5. The van der Waals surface area contributed by atoms with E-state index in [0.29, 0.717) is 27.3 Å². The number of amidine groups is 1. The quantitative estimate of drug-likeness (QED) is 0.826. The average molecular weight is 356 g/mol. The number of allylic oxidation sites excluding steroid dienone is 2. The first-order chi connectivity index (χ1) is 12.2. The minimum absolute atomic E-state index is 0.194. The molecule has 0 atom stereocenters. The molecule has 1 N–H and O–H groups in total. The lowest BCUT2D eigenvalue weighted by Crippen LogP contribution is -2.19. The molecule has 1 amide bonds. The van der Waals surface area contributed by atoms with Crippen LogP contribution in [0.25, 0.3) is 6.08 Å². The summed E-state index contributed by atoms with van der Waals surface area (Å²) in [7, 11) is 3.14. The molecule has 0 aliphatic carbocycles. The Labute approximate surface area is 149 Å². The fourth-order valence-corrected chi connectivity index (χ4v) is 2.88. The van der Waals surface area contributed by atoms with Crippen molar-refractivity contribution in [3.05, 3.63) is 59.4 Å². The second-order valence-electron chi connectivity index (χ2n) is 4.92. The molecule has 0 bridgehead atoms. The number of thioether (sulfide) groups is 1. The molecule has 2 aromatic rings. The molecule has 2 heterocycles. The van der Waals surface area contributed by atoms with Crippen LogP contribution in [0.15, 0.2) is 63.1 Å². The Morgan fingerprint density at radius 1 is 1.24 bits per heavy atom. The topological polar surface area (TPSA) is 73.1 Å². The molecule has 25 heavy (non-hydrogen) atoms. The van der Waals surface area contributed by atoms with Crippen molar-refractivity contribution < 1.29 is 18.7 Å². The first-order valence-electron chi connectivity index (χ1n) is 7.41. The van der Waals surface area contributed by atoms with Crippen LogP contribution >= 0.6 is 11.8 Å².